The highest BCUT2D eigenvalue weighted by atomic mass is 16.2. The molecule has 0 saturated heterocycles. The molecule has 1 unspecified atom stereocenters. The van der Waals surface area contributed by atoms with E-state index in [-0.39, 0.29) is 18.1 Å². The Morgan fingerprint density at radius 1 is 1.14 bits per heavy atom. The van der Waals surface area contributed by atoms with Gasteiger partial charge in [-0.2, -0.15) is 10.1 Å². The lowest BCUT2D eigenvalue weighted by Crippen LogP contribution is -2.33. The molecule has 0 saturated carbocycles. The number of nitrogens with zero attached hydrogens (tertiary/aromatic N) is 3. The number of para-hydroxylation sites is 1. The number of carbonyl (C=O) groups is 2. The molecule has 1 aromatic heterocycles. The van der Waals surface area contributed by atoms with E-state index in [2.05, 4.69) is 10.1 Å². The van der Waals surface area contributed by atoms with Gasteiger partial charge < -0.3 is 0 Å². The summed E-state index contributed by atoms with van der Waals surface area (Å²) in [6.45, 7) is 1.71. The molecule has 0 N–H and O–H groups in total. The van der Waals surface area contributed by atoms with Crippen molar-refractivity contribution in [3.8, 4) is 0 Å². The van der Waals surface area contributed by atoms with Gasteiger partial charge in [-0.1, -0.05) is 24.3 Å². The zero-order chi connectivity index (χ0) is 15.5. The summed E-state index contributed by atoms with van der Waals surface area (Å²) >= 11 is 0. The van der Waals surface area contributed by atoms with Crippen LogP contribution in [0.3, 0.4) is 0 Å². The van der Waals surface area contributed by atoms with Gasteiger partial charge in [0.05, 0.1) is 11.4 Å². The highest BCUT2D eigenvalue weighted by molar-refractivity contribution is 6.27. The first-order chi connectivity index (χ1) is 10.7. The Kier molecular flexibility index (Phi) is 3.78. The van der Waals surface area contributed by atoms with Gasteiger partial charge in [0.2, 0.25) is 0 Å². The minimum Gasteiger partial charge on any atom is -0.298 e. The van der Waals surface area contributed by atoms with Crippen molar-refractivity contribution in [3.05, 3.63) is 60.4 Å². The number of aromatic nitrogens is 1. The highest BCUT2D eigenvalue weighted by Gasteiger charge is 2.39. The van der Waals surface area contributed by atoms with Crippen LogP contribution in [0.5, 0.6) is 0 Å². The molecule has 1 aliphatic heterocycles. The monoisotopic (exact) mass is 293 g/mol. The second-order valence-electron chi connectivity index (χ2n) is 5.12. The van der Waals surface area contributed by atoms with E-state index in [1.807, 2.05) is 24.3 Å². The topological polar surface area (TPSA) is 62.6 Å². The van der Waals surface area contributed by atoms with Gasteiger partial charge in [-0.3, -0.25) is 14.6 Å². The largest absolute Gasteiger partial charge is 0.298 e. The predicted octanol–water partition coefficient (Wildman–Crippen LogP) is 2.23. The van der Waals surface area contributed by atoms with E-state index in [1.54, 1.807) is 37.4 Å². The number of hydrogen-bond donors (Lipinski definition) is 0. The second kappa shape index (κ2) is 5.89. The van der Waals surface area contributed by atoms with E-state index in [4.69, 9.17) is 0 Å². The standard InChI is InChI=1S/C17H15N3O2/c1-12-16(15(21)11-13-7-5-6-10-18-13)17(22)20(19-12)14-8-3-2-4-9-14/h2-10,16H,11H2,1H3. The van der Waals surface area contributed by atoms with E-state index in [0.29, 0.717) is 17.1 Å². The van der Waals surface area contributed by atoms with Crippen molar-refractivity contribution >= 4 is 23.1 Å². The van der Waals surface area contributed by atoms with Crippen LogP contribution in [0.1, 0.15) is 12.6 Å². The third kappa shape index (κ3) is 2.65. The van der Waals surface area contributed by atoms with Crippen LogP contribution >= 0.6 is 0 Å². The molecule has 5 heteroatoms. The molecule has 2 heterocycles. The average Bonchev–Trinajstić information content (AvgIpc) is 2.84. The Labute approximate surface area is 128 Å². The molecule has 5 nitrogen and oxygen atoms in total. The minimum atomic E-state index is -0.817. The summed E-state index contributed by atoms with van der Waals surface area (Å²) in [6, 6.07) is 14.5. The van der Waals surface area contributed by atoms with E-state index in [1.165, 1.54) is 5.01 Å². The molecule has 22 heavy (non-hydrogen) atoms. The molecule has 110 valence electrons. The number of hydrogen-bond acceptors (Lipinski definition) is 4. The van der Waals surface area contributed by atoms with Crippen LogP contribution in [0, 0.1) is 5.92 Å². The van der Waals surface area contributed by atoms with Crippen LogP contribution in [-0.4, -0.2) is 22.4 Å². The normalized spacial score (nSPS) is 17.5. The number of anilines is 1. The Bertz CT molecular complexity index is 726. The van der Waals surface area contributed by atoms with E-state index >= 15 is 0 Å². The van der Waals surface area contributed by atoms with Gasteiger partial charge in [-0.25, -0.2) is 0 Å². The number of benzene rings is 1. The lowest BCUT2D eigenvalue weighted by Gasteiger charge is -2.13. The Balaban J connectivity index is 1.80. The van der Waals surface area contributed by atoms with Gasteiger partial charge in [0.15, 0.2) is 5.78 Å². The van der Waals surface area contributed by atoms with Gasteiger partial charge in [-0.15, -0.1) is 0 Å². The first-order valence-corrected chi connectivity index (χ1v) is 7.03. The van der Waals surface area contributed by atoms with Gasteiger partial charge in [0, 0.05) is 18.3 Å². The molecule has 0 radical (unpaired) electrons. The fourth-order valence-corrected chi connectivity index (χ4v) is 2.47. The molecule has 1 amide bonds. The molecular formula is C17H15N3O2. The van der Waals surface area contributed by atoms with Crippen molar-refractivity contribution in [2.24, 2.45) is 11.0 Å². The summed E-state index contributed by atoms with van der Waals surface area (Å²) in [5.74, 6) is -1.30. The van der Waals surface area contributed by atoms with Crippen molar-refractivity contribution in [1.29, 1.82) is 0 Å². The first kappa shape index (κ1) is 14.1. The number of pyridine rings is 1. The highest BCUT2D eigenvalue weighted by Crippen LogP contribution is 2.24. The van der Waals surface area contributed by atoms with Crippen LogP contribution in [0.25, 0.3) is 0 Å². The molecule has 0 bridgehead atoms. The molecule has 0 aliphatic carbocycles. The summed E-state index contributed by atoms with van der Waals surface area (Å²) in [4.78, 5) is 29.1. The van der Waals surface area contributed by atoms with Crippen LogP contribution in [0.4, 0.5) is 5.69 Å². The SMILES string of the molecule is CC1=NN(c2ccccc2)C(=O)C1C(=O)Cc1ccccn1. The van der Waals surface area contributed by atoms with E-state index < -0.39 is 5.92 Å². The number of Topliss-reactive ketones (excluding diaryl/α,β-unsaturated/α-hetero) is 1. The molecule has 1 aliphatic rings. The maximum absolute atomic E-state index is 12.5. The lowest BCUT2D eigenvalue weighted by atomic mass is 9.95. The fourth-order valence-electron chi connectivity index (χ4n) is 2.47. The molecule has 2 aromatic rings. The fraction of sp³-hybridized carbons (Fsp3) is 0.176. The third-order valence-electron chi connectivity index (χ3n) is 3.54. The molecule has 0 fully saturated rings. The summed E-state index contributed by atoms with van der Waals surface area (Å²) < 4.78 is 0. The number of ketones is 1. The van der Waals surface area contributed by atoms with Crippen molar-refractivity contribution in [3.63, 3.8) is 0 Å². The Morgan fingerprint density at radius 2 is 1.86 bits per heavy atom. The summed E-state index contributed by atoms with van der Waals surface area (Å²) in [6.07, 6.45) is 1.77. The van der Waals surface area contributed by atoms with Gasteiger partial charge >= 0.3 is 0 Å². The first-order valence-electron chi connectivity index (χ1n) is 7.03. The number of carbonyl (C=O) groups excluding carboxylic acids is 2. The zero-order valence-electron chi connectivity index (χ0n) is 12.1. The summed E-state index contributed by atoms with van der Waals surface area (Å²) in [7, 11) is 0. The predicted molar refractivity (Wildman–Crippen MR) is 83.5 cm³/mol. The maximum atomic E-state index is 12.5. The molecular weight excluding hydrogens is 278 g/mol. The molecule has 0 spiro atoms. The quantitative estimate of drug-likeness (QED) is 0.812. The van der Waals surface area contributed by atoms with Gasteiger partial charge in [0.25, 0.3) is 5.91 Å². The number of hydrazone groups is 1. The van der Waals surface area contributed by atoms with Gasteiger partial charge in [-0.05, 0) is 31.2 Å². The maximum Gasteiger partial charge on any atom is 0.263 e. The molecule has 3 rings (SSSR count). The zero-order valence-corrected chi connectivity index (χ0v) is 12.1. The van der Waals surface area contributed by atoms with Crippen LogP contribution in [-0.2, 0) is 16.0 Å². The lowest BCUT2D eigenvalue weighted by molar-refractivity contribution is -0.128. The Morgan fingerprint density at radius 3 is 2.55 bits per heavy atom. The number of amides is 1. The van der Waals surface area contributed by atoms with Crippen molar-refractivity contribution < 1.29 is 9.59 Å². The second-order valence-corrected chi connectivity index (χ2v) is 5.12. The smallest absolute Gasteiger partial charge is 0.263 e. The van der Waals surface area contributed by atoms with E-state index in [0.717, 1.165) is 0 Å². The minimum absolute atomic E-state index is 0.132. The van der Waals surface area contributed by atoms with Crippen LogP contribution in [0.15, 0.2) is 59.8 Å². The summed E-state index contributed by atoms with van der Waals surface area (Å²) in [5.41, 5.74) is 1.85. The van der Waals surface area contributed by atoms with Crippen LogP contribution < -0.4 is 5.01 Å². The number of rotatable bonds is 4. The van der Waals surface area contributed by atoms with Crippen LogP contribution in [0.2, 0.25) is 0 Å². The average molecular weight is 293 g/mol. The third-order valence-corrected chi connectivity index (χ3v) is 3.54. The van der Waals surface area contributed by atoms with Crippen molar-refractivity contribution in [2.75, 3.05) is 5.01 Å². The summed E-state index contributed by atoms with van der Waals surface area (Å²) in [5, 5.41) is 5.54. The Hall–Kier alpha value is -2.82. The molecule has 1 atom stereocenters. The van der Waals surface area contributed by atoms with Gasteiger partial charge in [0.1, 0.15) is 5.92 Å². The van der Waals surface area contributed by atoms with E-state index in [9.17, 15) is 9.59 Å². The van der Waals surface area contributed by atoms with Crippen molar-refractivity contribution in [2.45, 2.75) is 13.3 Å². The molecule has 1 aromatic carbocycles. The van der Waals surface area contributed by atoms with Crippen molar-refractivity contribution in [1.82, 2.24) is 4.98 Å².